The molecule has 0 unspecified atom stereocenters. The Labute approximate surface area is 121 Å². The number of fused-ring (bicyclic) bond motifs is 3. The van der Waals surface area contributed by atoms with Gasteiger partial charge in [-0.2, -0.15) is 0 Å². The number of thiophene rings is 1. The van der Waals surface area contributed by atoms with Crippen LogP contribution in [-0.4, -0.2) is 15.3 Å². The van der Waals surface area contributed by atoms with Crippen LogP contribution in [0.2, 0.25) is 0 Å². The summed E-state index contributed by atoms with van der Waals surface area (Å²) >= 11 is 1.65. The van der Waals surface area contributed by atoms with Gasteiger partial charge in [-0.05, 0) is 52.0 Å². The fraction of sp³-hybridized carbons (Fsp3) is 0.533. The monoisotopic (exact) mass is 290 g/mol. The molecule has 0 saturated carbocycles. The van der Waals surface area contributed by atoms with E-state index in [9.17, 15) is 9.59 Å². The van der Waals surface area contributed by atoms with E-state index in [0.29, 0.717) is 5.82 Å². The van der Waals surface area contributed by atoms with Crippen molar-refractivity contribution in [2.24, 2.45) is 0 Å². The lowest BCUT2D eigenvalue weighted by Crippen LogP contribution is -2.30. The average molecular weight is 290 g/mol. The molecule has 0 bridgehead atoms. The zero-order valence-electron chi connectivity index (χ0n) is 12.0. The minimum atomic E-state index is -0.446. The van der Waals surface area contributed by atoms with Gasteiger partial charge in [0.15, 0.2) is 5.78 Å². The Hall–Kier alpha value is -1.49. The predicted molar refractivity (Wildman–Crippen MR) is 80.7 cm³/mol. The lowest BCUT2D eigenvalue weighted by atomic mass is 9.97. The van der Waals surface area contributed by atoms with E-state index >= 15 is 0 Å². The molecule has 106 valence electrons. The summed E-state index contributed by atoms with van der Waals surface area (Å²) < 4.78 is 1.55. The fourth-order valence-corrected chi connectivity index (χ4v) is 4.25. The highest BCUT2D eigenvalue weighted by atomic mass is 32.1. The number of Topliss-reactive ketones (excluding diaryl/α,β-unsaturated/α-hetero) is 1. The molecule has 0 amide bonds. The molecule has 0 saturated heterocycles. The van der Waals surface area contributed by atoms with Crippen molar-refractivity contribution < 1.29 is 4.79 Å². The Balaban J connectivity index is 2.33. The maximum Gasteiger partial charge on any atom is 0.263 e. The molecule has 3 rings (SSSR count). The van der Waals surface area contributed by atoms with Crippen LogP contribution in [-0.2, 0) is 17.6 Å². The largest absolute Gasteiger partial charge is 0.298 e. The second-order valence-electron chi connectivity index (χ2n) is 5.51. The van der Waals surface area contributed by atoms with Gasteiger partial charge in [0.25, 0.3) is 5.56 Å². The Morgan fingerprint density at radius 3 is 2.75 bits per heavy atom. The Morgan fingerprint density at radius 1 is 1.35 bits per heavy atom. The van der Waals surface area contributed by atoms with E-state index in [-0.39, 0.29) is 11.3 Å². The van der Waals surface area contributed by atoms with Gasteiger partial charge in [-0.1, -0.05) is 0 Å². The van der Waals surface area contributed by atoms with Crippen LogP contribution < -0.4 is 5.56 Å². The molecule has 0 aliphatic heterocycles. The lowest BCUT2D eigenvalue weighted by Gasteiger charge is -2.15. The van der Waals surface area contributed by atoms with E-state index < -0.39 is 6.04 Å². The number of rotatable bonds is 2. The standard InChI is InChI=1S/C15H18N2O2S/c1-8(9(2)18)17-10(3)16-14-13(15(17)19)11-6-4-5-7-12(11)20-14/h8H,4-7H2,1-3H3/t8-/m1/s1. The van der Waals surface area contributed by atoms with Gasteiger partial charge < -0.3 is 0 Å². The van der Waals surface area contributed by atoms with Crippen LogP contribution in [0, 0.1) is 6.92 Å². The third kappa shape index (κ3) is 1.92. The molecule has 2 aromatic heterocycles. The molecule has 2 heterocycles. The first-order valence-corrected chi connectivity index (χ1v) is 7.86. The molecule has 1 aliphatic carbocycles. The number of hydrogen-bond acceptors (Lipinski definition) is 4. The predicted octanol–water partition coefficient (Wildman–Crippen LogP) is 2.80. The van der Waals surface area contributed by atoms with E-state index in [1.807, 2.05) is 0 Å². The van der Waals surface area contributed by atoms with Crippen LogP contribution in [0.5, 0.6) is 0 Å². The van der Waals surface area contributed by atoms with Gasteiger partial charge in [-0.25, -0.2) is 4.98 Å². The van der Waals surface area contributed by atoms with Gasteiger partial charge in [0, 0.05) is 4.88 Å². The number of nitrogens with zero attached hydrogens (tertiary/aromatic N) is 2. The topological polar surface area (TPSA) is 52.0 Å². The quantitative estimate of drug-likeness (QED) is 0.854. The molecule has 4 nitrogen and oxygen atoms in total. The number of aromatic nitrogens is 2. The van der Waals surface area contributed by atoms with Gasteiger partial charge in [0.1, 0.15) is 10.7 Å². The Kier molecular flexibility index (Phi) is 3.24. The second-order valence-corrected chi connectivity index (χ2v) is 6.60. The third-order valence-corrected chi connectivity index (χ3v) is 5.36. The highest BCUT2D eigenvalue weighted by Crippen LogP contribution is 2.34. The first kappa shape index (κ1) is 13.5. The van der Waals surface area contributed by atoms with Gasteiger partial charge in [0.2, 0.25) is 0 Å². The van der Waals surface area contributed by atoms with Crippen LogP contribution in [0.4, 0.5) is 0 Å². The lowest BCUT2D eigenvalue weighted by molar-refractivity contribution is -0.119. The first-order valence-electron chi connectivity index (χ1n) is 7.04. The molecule has 20 heavy (non-hydrogen) atoms. The van der Waals surface area contributed by atoms with Crippen molar-refractivity contribution >= 4 is 27.3 Å². The molecule has 0 radical (unpaired) electrons. The van der Waals surface area contributed by atoms with Crippen molar-refractivity contribution in [1.29, 1.82) is 0 Å². The van der Waals surface area contributed by atoms with Crippen molar-refractivity contribution in [2.75, 3.05) is 0 Å². The summed E-state index contributed by atoms with van der Waals surface area (Å²) in [4.78, 5) is 31.2. The average Bonchev–Trinajstić information content (AvgIpc) is 2.76. The summed E-state index contributed by atoms with van der Waals surface area (Å²) in [5.74, 6) is 0.615. The first-order chi connectivity index (χ1) is 9.50. The van der Waals surface area contributed by atoms with E-state index in [0.717, 1.165) is 29.5 Å². The van der Waals surface area contributed by atoms with E-state index in [4.69, 9.17) is 0 Å². The number of hydrogen-bond donors (Lipinski definition) is 0. The summed E-state index contributed by atoms with van der Waals surface area (Å²) in [5.41, 5.74) is 1.13. The zero-order valence-corrected chi connectivity index (χ0v) is 12.8. The van der Waals surface area contributed by atoms with E-state index in [1.54, 1.807) is 29.8 Å². The Bertz CT molecular complexity index is 757. The summed E-state index contributed by atoms with van der Waals surface area (Å²) in [6.45, 7) is 5.09. The molecule has 1 atom stereocenters. The number of carbonyl (C=O) groups excluding carboxylic acids is 1. The van der Waals surface area contributed by atoms with Crippen molar-refractivity contribution in [3.8, 4) is 0 Å². The number of aryl methyl sites for hydroxylation is 3. The molecular weight excluding hydrogens is 272 g/mol. The number of ketones is 1. The zero-order chi connectivity index (χ0) is 14.4. The molecule has 0 spiro atoms. The van der Waals surface area contributed by atoms with Crippen LogP contribution in [0.25, 0.3) is 10.2 Å². The molecule has 2 aromatic rings. The van der Waals surface area contributed by atoms with Crippen LogP contribution in [0.15, 0.2) is 4.79 Å². The minimum Gasteiger partial charge on any atom is -0.298 e. The van der Waals surface area contributed by atoms with Gasteiger partial charge in [-0.3, -0.25) is 14.2 Å². The Morgan fingerprint density at radius 2 is 2.05 bits per heavy atom. The highest BCUT2D eigenvalue weighted by molar-refractivity contribution is 7.18. The number of carbonyl (C=O) groups is 1. The molecule has 0 aromatic carbocycles. The van der Waals surface area contributed by atoms with Crippen molar-refractivity contribution in [3.05, 3.63) is 26.6 Å². The summed E-state index contributed by atoms with van der Waals surface area (Å²) in [7, 11) is 0. The van der Waals surface area contributed by atoms with E-state index in [1.165, 1.54) is 23.8 Å². The fourth-order valence-electron chi connectivity index (χ4n) is 2.96. The maximum absolute atomic E-state index is 12.8. The van der Waals surface area contributed by atoms with Crippen LogP contribution in [0.3, 0.4) is 0 Å². The molecule has 5 heteroatoms. The SMILES string of the molecule is CC(=O)[C@@H](C)n1c(C)nc2sc3c(c2c1=O)CCCC3. The van der Waals surface area contributed by atoms with Crippen molar-refractivity contribution in [1.82, 2.24) is 9.55 Å². The highest BCUT2D eigenvalue weighted by Gasteiger charge is 2.23. The van der Waals surface area contributed by atoms with Gasteiger partial charge in [0.05, 0.1) is 11.4 Å². The van der Waals surface area contributed by atoms with Gasteiger partial charge >= 0.3 is 0 Å². The summed E-state index contributed by atoms with van der Waals surface area (Å²) in [6.07, 6.45) is 4.34. The molecular formula is C15H18N2O2S. The molecule has 1 aliphatic rings. The smallest absolute Gasteiger partial charge is 0.263 e. The van der Waals surface area contributed by atoms with Crippen LogP contribution in [0.1, 0.15) is 49.0 Å². The maximum atomic E-state index is 12.8. The second kappa shape index (κ2) is 4.81. The third-order valence-electron chi connectivity index (χ3n) is 4.17. The summed E-state index contributed by atoms with van der Waals surface area (Å²) in [6, 6.07) is -0.446. The van der Waals surface area contributed by atoms with Crippen molar-refractivity contribution in [2.45, 2.75) is 52.5 Å². The molecule has 0 N–H and O–H groups in total. The van der Waals surface area contributed by atoms with Crippen molar-refractivity contribution in [3.63, 3.8) is 0 Å². The normalized spacial score (nSPS) is 16.1. The minimum absolute atomic E-state index is 0.0135. The van der Waals surface area contributed by atoms with Gasteiger partial charge in [-0.15, -0.1) is 11.3 Å². The van der Waals surface area contributed by atoms with Crippen LogP contribution >= 0.6 is 11.3 Å². The molecule has 0 fully saturated rings. The summed E-state index contributed by atoms with van der Waals surface area (Å²) in [5, 5.41) is 0.753. The van der Waals surface area contributed by atoms with E-state index in [2.05, 4.69) is 4.98 Å².